The molecule has 0 nitrogen and oxygen atoms in total. The molecule has 1 aromatic carbocycles. The standard InChI is InChI=1S/C9H8.2CH4/c1-2-6-9-7-4-3-5-8-9;;/h3-5,7-8H,1H3;2*1H4. The zero-order valence-corrected chi connectivity index (χ0v) is 5.39. The van der Waals surface area contributed by atoms with Crippen molar-refractivity contribution in [1.29, 1.82) is 0 Å². The van der Waals surface area contributed by atoms with Gasteiger partial charge in [-0.25, -0.2) is 0 Å². The van der Waals surface area contributed by atoms with Gasteiger partial charge < -0.3 is 0 Å². The summed E-state index contributed by atoms with van der Waals surface area (Å²) in [5, 5.41) is 0. The van der Waals surface area contributed by atoms with E-state index >= 15 is 0 Å². The van der Waals surface area contributed by atoms with Crippen molar-refractivity contribution in [3.8, 4) is 11.8 Å². The quantitative estimate of drug-likeness (QED) is 0.495. The summed E-state index contributed by atoms with van der Waals surface area (Å²) in [6.07, 6.45) is 0. The van der Waals surface area contributed by atoms with Gasteiger partial charge in [0, 0.05) is 5.56 Å². The molecule has 0 amide bonds. The Bertz CT molecular complexity index is 223. The van der Waals surface area contributed by atoms with E-state index in [4.69, 9.17) is 0 Å². The van der Waals surface area contributed by atoms with Crippen LogP contribution in [0.2, 0.25) is 0 Å². The molecule has 1 rings (SSSR count). The molecular formula is C11H16. The molecule has 0 spiro atoms. The molecule has 0 atom stereocenters. The maximum absolute atomic E-state index is 2.96. The molecule has 0 saturated carbocycles. The molecule has 0 aliphatic rings. The molecule has 11 heavy (non-hydrogen) atoms. The average molecular weight is 148 g/mol. The first-order valence-corrected chi connectivity index (χ1v) is 2.91. The maximum atomic E-state index is 2.96. The lowest BCUT2D eigenvalue weighted by molar-refractivity contribution is 1.64. The Morgan fingerprint density at radius 3 is 2.00 bits per heavy atom. The molecule has 0 heterocycles. The van der Waals surface area contributed by atoms with Crippen LogP contribution in [0, 0.1) is 11.8 Å². The molecule has 0 radical (unpaired) electrons. The van der Waals surface area contributed by atoms with E-state index in [1.54, 1.807) is 0 Å². The van der Waals surface area contributed by atoms with Crippen molar-refractivity contribution in [2.24, 2.45) is 0 Å². The van der Waals surface area contributed by atoms with Crippen LogP contribution in [-0.4, -0.2) is 0 Å². The minimum atomic E-state index is 0. The first kappa shape index (κ1) is 12.5. The number of hydrogen-bond donors (Lipinski definition) is 0. The van der Waals surface area contributed by atoms with E-state index in [0.29, 0.717) is 0 Å². The van der Waals surface area contributed by atoms with E-state index in [0.717, 1.165) is 5.56 Å². The van der Waals surface area contributed by atoms with Gasteiger partial charge in [-0.2, -0.15) is 0 Å². The van der Waals surface area contributed by atoms with Gasteiger partial charge in [-0.15, -0.1) is 5.92 Å². The summed E-state index contributed by atoms with van der Waals surface area (Å²) < 4.78 is 0. The average Bonchev–Trinajstić information content (AvgIpc) is 1.91. The van der Waals surface area contributed by atoms with Gasteiger partial charge >= 0.3 is 0 Å². The zero-order chi connectivity index (χ0) is 6.53. The molecule has 0 fully saturated rings. The van der Waals surface area contributed by atoms with Gasteiger partial charge in [0.1, 0.15) is 0 Å². The zero-order valence-electron chi connectivity index (χ0n) is 5.39. The van der Waals surface area contributed by atoms with Crippen LogP contribution in [0.1, 0.15) is 27.3 Å². The number of benzene rings is 1. The molecule has 0 unspecified atom stereocenters. The van der Waals surface area contributed by atoms with Crippen LogP contribution in [0.5, 0.6) is 0 Å². The summed E-state index contributed by atoms with van der Waals surface area (Å²) in [4.78, 5) is 0. The SMILES string of the molecule is C.C.CC#Cc1ccccc1. The van der Waals surface area contributed by atoms with E-state index in [9.17, 15) is 0 Å². The second kappa shape index (κ2) is 6.89. The smallest absolute Gasteiger partial charge is 0.0245 e. The highest BCUT2D eigenvalue weighted by atomic mass is 13.8. The lowest BCUT2D eigenvalue weighted by Gasteiger charge is -1.83. The van der Waals surface area contributed by atoms with Crippen molar-refractivity contribution in [3.05, 3.63) is 35.9 Å². The Kier molecular flexibility index (Phi) is 7.81. The van der Waals surface area contributed by atoms with Crippen LogP contribution in [-0.2, 0) is 0 Å². The summed E-state index contributed by atoms with van der Waals surface area (Å²) in [6.45, 7) is 1.84. The van der Waals surface area contributed by atoms with Crippen molar-refractivity contribution in [2.45, 2.75) is 21.8 Å². The van der Waals surface area contributed by atoms with Crippen molar-refractivity contribution in [3.63, 3.8) is 0 Å². The summed E-state index contributed by atoms with van der Waals surface area (Å²) >= 11 is 0. The Balaban J connectivity index is 0. The van der Waals surface area contributed by atoms with Crippen LogP contribution in [0.3, 0.4) is 0 Å². The second-order valence-electron chi connectivity index (χ2n) is 1.74. The van der Waals surface area contributed by atoms with Crippen molar-refractivity contribution >= 4 is 0 Å². The van der Waals surface area contributed by atoms with Gasteiger partial charge in [0.25, 0.3) is 0 Å². The summed E-state index contributed by atoms with van der Waals surface area (Å²) in [5.74, 6) is 5.79. The first-order valence-electron chi connectivity index (χ1n) is 2.91. The van der Waals surface area contributed by atoms with Crippen LogP contribution in [0.15, 0.2) is 30.3 Å². The number of rotatable bonds is 0. The predicted octanol–water partition coefficient (Wildman–Crippen LogP) is 3.33. The lowest BCUT2D eigenvalue weighted by Crippen LogP contribution is -1.67. The maximum Gasteiger partial charge on any atom is 0.0245 e. The van der Waals surface area contributed by atoms with Crippen molar-refractivity contribution in [2.75, 3.05) is 0 Å². The van der Waals surface area contributed by atoms with Crippen LogP contribution < -0.4 is 0 Å². The summed E-state index contributed by atoms with van der Waals surface area (Å²) in [6, 6.07) is 9.95. The third kappa shape index (κ3) is 4.22. The van der Waals surface area contributed by atoms with Crippen LogP contribution in [0.4, 0.5) is 0 Å². The third-order valence-electron chi connectivity index (χ3n) is 1.04. The van der Waals surface area contributed by atoms with Gasteiger partial charge in [-0.3, -0.25) is 0 Å². The third-order valence-corrected chi connectivity index (χ3v) is 1.04. The lowest BCUT2D eigenvalue weighted by atomic mass is 10.2. The molecule has 0 aliphatic heterocycles. The first-order chi connectivity index (χ1) is 4.43. The fourth-order valence-electron chi connectivity index (χ4n) is 0.666. The highest BCUT2D eigenvalue weighted by molar-refractivity contribution is 5.32. The Morgan fingerprint density at radius 1 is 1.00 bits per heavy atom. The van der Waals surface area contributed by atoms with Gasteiger partial charge in [-0.1, -0.05) is 39.0 Å². The van der Waals surface area contributed by atoms with Crippen molar-refractivity contribution < 1.29 is 0 Å². The van der Waals surface area contributed by atoms with E-state index in [-0.39, 0.29) is 14.9 Å². The fourth-order valence-corrected chi connectivity index (χ4v) is 0.666. The van der Waals surface area contributed by atoms with Gasteiger partial charge in [0.05, 0.1) is 0 Å². The second-order valence-corrected chi connectivity index (χ2v) is 1.74. The van der Waals surface area contributed by atoms with Gasteiger partial charge in [0.15, 0.2) is 0 Å². The summed E-state index contributed by atoms with van der Waals surface area (Å²) in [7, 11) is 0. The molecular weight excluding hydrogens is 132 g/mol. The molecule has 0 heteroatoms. The monoisotopic (exact) mass is 148 g/mol. The molecule has 0 N–H and O–H groups in total. The Morgan fingerprint density at radius 2 is 1.55 bits per heavy atom. The van der Waals surface area contributed by atoms with Gasteiger partial charge in [-0.05, 0) is 19.1 Å². The molecule has 0 saturated heterocycles. The van der Waals surface area contributed by atoms with Gasteiger partial charge in [0.2, 0.25) is 0 Å². The minimum absolute atomic E-state index is 0. The largest absolute Gasteiger partial charge is 0.101 e. The molecule has 60 valence electrons. The highest BCUT2D eigenvalue weighted by Crippen LogP contribution is 1.93. The molecule has 0 bridgehead atoms. The molecule has 0 aliphatic carbocycles. The predicted molar refractivity (Wildman–Crippen MR) is 52.5 cm³/mol. The Hall–Kier alpha value is -1.22. The van der Waals surface area contributed by atoms with Crippen LogP contribution in [0.25, 0.3) is 0 Å². The topological polar surface area (TPSA) is 0 Å². The molecule has 1 aromatic rings. The fraction of sp³-hybridized carbons (Fsp3) is 0.273. The summed E-state index contributed by atoms with van der Waals surface area (Å²) in [5.41, 5.74) is 1.08. The molecule has 0 aromatic heterocycles. The van der Waals surface area contributed by atoms with E-state index in [1.807, 2.05) is 37.3 Å². The highest BCUT2D eigenvalue weighted by Gasteiger charge is 1.77. The minimum Gasteiger partial charge on any atom is -0.101 e. The van der Waals surface area contributed by atoms with E-state index < -0.39 is 0 Å². The Labute approximate surface area is 70.3 Å². The van der Waals surface area contributed by atoms with E-state index in [2.05, 4.69) is 11.8 Å². The number of hydrogen-bond acceptors (Lipinski definition) is 0. The van der Waals surface area contributed by atoms with E-state index in [1.165, 1.54) is 0 Å². The van der Waals surface area contributed by atoms with Crippen molar-refractivity contribution in [1.82, 2.24) is 0 Å². The normalized spacial score (nSPS) is 6.27. The van der Waals surface area contributed by atoms with Crippen LogP contribution >= 0.6 is 0 Å².